The van der Waals surface area contributed by atoms with Gasteiger partial charge in [-0.3, -0.25) is 0 Å². The zero-order valence-corrected chi connectivity index (χ0v) is 15.0. The lowest BCUT2D eigenvalue weighted by Crippen LogP contribution is -1.99. The monoisotopic (exact) mass is 409 g/mol. The van der Waals surface area contributed by atoms with Gasteiger partial charge in [0, 0.05) is 5.56 Å². The predicted molar refractivity (Wildman–Crippen MR) is 93.7 cm³/mol. The van der Waals surface area contributed by atoms with Crippen molar-refractivity contribution >= 4 is 28.2 Å². The number of ether oxygens (including phenoxy) is 2. The third kappa shape index (κ3) is 2.41. The van der Waals surface area contributed by atoms with Crippen LogP contribution in [0.25, 0.3) is 16.9 Å². The third-order valence-electron chi connectivity index (χ3n) is 3.49. The SMILES string of the molecule is COc1ccc(-c2c(C)nc3c(I)cc(C)nn23)cc1OC. The van der Waals surface area contributed by atoms with E-state index in [-0.39, 0.29) is 0 Å². The Bertz CT molecular complexity index is 858. The lowest BCUT2D eigenvalue weighted by Gasteiger charge is -2.10. The first-order valence-corrected chi connectivity index (χ1v) is 7.88. The Morgan fingerprint density at radius 1 is 1.05 bits per heavy atom. The molecule has 0 bridgehead atoms. The normalized spacial score (nSPS) is 11.0. The molecule has 1 aromatic carbocycles. The second-order valence-corrected chi connectivity index (χ2v) is 6.15. The highest BCUT2D eigenvalue weighted by atomic mass is 127. The summed E-state index contributed by atoms with van der Waals surface area (Å²) in [5.41, 5.74) is 4.72. The second kappa shape index (κ2) is 5.75. The summed E-state index contributed by atoms with van der Waals surface area (Å²) in [7, 11) is 3.26. The lowest BCUT2D eigenvalue weighted by molar-refractivity contribution is 0.355. The van der Waals surface area contributed by atoms with Crippen LogP contribution in [0.5, 0.6) is 11.5 Å². The van der Waals surface area contributed by atoms with Crippen LogP contribution in [0, 0.1) is 17.4 Å². The van der Waals surface area contributed by atoms with Crippen LogP contribution in [0.3, 0.4) is 0 Å². The lowest BCUT2D eigenvalue weighted by atomic mass is 10.1. The molecule has 0 spiro atoms. The first kappa shape index (κ1) is 15.1. The number of imidazole rings is 1. The van der Waals surface area contributed by atoms with Gasteiger partial charge in [0.05, 0.1) is 34.9 Å². The molecule has 0 aliphatic heterocycles. The average molecular weight is 409 g/mol. The van der Waals surface area contributed by atoms with Crippen LogP contribution in [0.15, 0.2) is 24.3 Å². The van der Waals surface area contributed by atoms with Gasteiger partial charge in [-0.2, -0.15) is 5.10 Å². The maximum absolute atomic E-state index is 5.40. The Balaban J connectivity index is 2.28. The van der Waals surface area contributed by atoms with Crippen LogP contribution >= 0.6 is 22.6 Å². The fraction of sp³-hybridized carbons (Fsp3) is 0.250. The van der Waals surface area contributed by atoms with Crippen LogP contribution in [-0.2, 0) is 0 Å². The Morgan fingerprint density at radius 2 is 1.77 bits per heavy atom. The van der Waals surface area contributed by atoms with E-state index < -0.39 is 0 Å². The van der Waals surface area contributed by atoms with Crippen LogP contribution < -0.4 is 9.47 Å². The van der Waals surface area contributed by atoms with E-state index in [4.69, 9.17) is 9.47 Å². The van der Waals surface area contributed by atoms with Gasteiger partial charge >= 0.3 is 0 Å². The van der Waals surface area contributed by atoms with Gasteiger partial charge in [-0.15, -0.1) is 0 Å². The van der Waals surface area contributed by atoms with Crippen molar-refractivity contribution in [3.8, 4) is 22.8 Å². The van der Waals surface area contributed by atoms with Crippen molar-refractivity contribution < 1.29 is 9.47 Å². The highest BCUT2D eigenvalue weighted by Crippen LogP contribution is 2.34. The highest BCUT2D eigenvalue weighted by Gasteiger charge is 2.16. The van der Waals surface area contributed by atoms with E-state index >= 15 is 0 Å². The van der Waals surface area contributed by atoms with E-state index in [9.17, 15) is 0 Å². The first-order chi connectivity index (χ1) is 10.5. The number of rotatable bonds is 3. The molecule has 0 atom stereocenters. The maximum atomic E-state index is 5.40. The zero-order chi connectivity index (χ0) is 15.9. The number of halogens is 1. The van der Waals surface area contributed by atoms with Crippen molar-refractivity contribution in [3.05, 3.63) is 39.2 Å². The number of aromatic nitrogens is 3. The predicted octanol–water partition coefficient (Wildman–Crippen LogP) is 3.63. The molecule has 2 aromatic heterocycles. The molecular weight excluding hydrogens is 393 g/mol. The van der Waals surface area contributed by atoms with E-state index in [0.717, 1.165) is 31.9 Å². The van der Waals surface area contributed by atoms with E-state index in [1.807, 2.05) is 42.6 Å². The summed E-state index contributed by atoms with van der Waals surface area (Å²) in [6.07, 6.45) is 0. The average Bonchev–Trinajstić information content (AvgIpc) is 2.83. The molecule has 0 unspecified atom stereocenters. The number of hydrogen-bond donors (Lipinski definition) is 0. The minimum absolute atomic E-state index is 0.691. The van der Waals surface area contributed by atoms with Gasteiger partial charge in [0.25, 0.3) is 0 Å². The molecule has 6 heteroatoms. The number of fused-ring (bicyclic) bond motifs is 1. The van der Waals surface area contributed by atoms with E-state index in [0.29, 0.717) is 11.5 Å². The van der Waals surface area contributed by atoms with Gasteiger partial charge in [-0.1, -0.05) is 0 Å². The van der Waals surface area contributed by atoms with Crippen molar-refractivity contribution in [2.24, 2.45) is 0 Å². The molecular formula is C16H16IN3O2. The van der Waals surface area contributed by atoms with Crippen LogP contribution in [0.4, 0.5) is 0 Å². The largest absolute Gasteiger partial charge is 0.493 e. The summed E-state index contributed by atoms with van der Waals surface area (Å²) >= 11 is 2.29. The van der Waals surface area contributed by atoms with E-state index in [1.54, 1.807) is 14.2 Å². The first-order valence-electron chi connectivity index (χ1n) is 6.80. The van der Waals surface area contributed by atoms with Gasteiger partial charge in [0.1, 0.15) is 0 Å². The van der Waals surface area contributed by atoms with Crippen molar-refractivity contribution in [2.45, 2.75) is 13.8 Å². The molecule has 3 rings (SSSR count). The Morgan fingerprint density at radius 3 is 2.45 bits per heavy atom. The highest BCUT2D eigenvalue weighted by molar-refractivity contribution is 14.1. The summed E-state index contributed by atoms with van der Waals surface area (Å²) in [4.78, 5) is 4.65. The van der Waals surface area contributed by atoms with Crippen LogP contribution in [-0.4, -0.2) is 28.8 Å². The fourth-order valence-corrected chi connectivity index (χ4v) is 3.32. The number of methoxy groups -OCH3 is 2. The molecule has 0 amide bonds. The fourth-order valence-electron chi connectivity index (χ4n) is 2.52. The van der Waals surface area contributed by atoms with Crippen molar-refractivity contribution in [1.29, 1.82) is 0 Å². The topological polar surface area (TPSA) is 48.7 Å². The molecule has 0 N–H and O–H groups in total. The molecule has 0 fully saturated rings. The summed E-state index contributed by atoms with van der Waals surface area (Å²) < 4.78 is 13.7. The standard InChI is InChI=1S/C16H16IN3O2/c1-9-7-12(17)16-18-10(2)15(20(16)19-9)11-5-6-13(21-3)14(8-11)22-4/h5-8H,1-4H3. The minimum atomic E-state index is 0.691. The summed E-state index contributed by atoms with van der Waals surface area (Å²) in [6.45, 7) is 3.97. The summed E-state index contributed by atoms with van der Waals surface area (Å²) in [5.74, 6) is 1.40. The number of hydrogen-bond acceptors (Lipinski definition) is 4. The van der Waals surface area contributed by atoms with Gasteiger partial charge in [-0.05, 0) is 60.7 Å². The summed E-state index contributed by atoms with van der Waals surface area (Å²) in [5, 5.41) is 4.61. The maximum Gasteiger partial charge on any atom is 0.167 e. The molecule has 22 heavy (non-hydrogen) atoms. The van der Waals surface area contributed by atoms with Gasteiger partial charge in [0.2, 0.25) is 0 Å². The Hall–Kier alpha value is -1.83. The molecule has 2 heterocycles. The Kier molecular flexibility index (Phi) is 3.94. The second-order valence-electron chi connectivity index (χ2n) is 4.98. The van der Waals surface area contributed by atoms with Crippen molar-refractivity contribution in [2.75, 3.05) is 14.2 Å². The van der Waals surface area contributed by atoms with Crippen molar-refractivity contribution in [1.82, 2.24) is 14.6 Å². The minimum Gasteiger partial charge on any atom is -0.493 e. The van der Waals surface area contributed by atoms with Gasteiger partial charge in [0.15, 0.2) is 17.1 Å². The zero-order valence-electron chi connectivity index (χ0n) is 12.8. The third-order valence-corrected chi connectivity index (χ3v) is 4.29. The van der Waals surface area contributed by atoms with E-state index in [2.05, 4.69) is 32.7 Å². The smallest absolute Gasteiger partial charge is 0.167 e. The van der Waals surface area contributed by atoms with Gasteiger partial charge in [-0.25, -0.2) is 9.50 Å². The number of nitrogens with zero attached hydrogens (tertiary/aromatic N) is 3. The number of aryl methyl sites for hydroxylation is 2. The van der Waals surface area contributed by atoms with Crippen molar-refractivity contribution in [3.63, 3.8) is 0 Å². The van der Waals surface area contributed by atoms with E-state index in [1.165, 1.54) is 0 Å². The quantitative estimate of drug-likeness (QED) is 0.620. The molecule has 3 aromatic rings. The molecule has 0 aliphatic carbocycles. The number of benzene rings is 1. The van der Waals surface area contributed by atoms with Gasteiger partial charge < -0.3 is 9.47 Å². The molecule has 0 saturated carbocycles. The van der Waals surface area contributed by atoms with Crippen LogP contribution in [0.1, 0.15) is 11.4 Å². The summed E-state index contributed by atoms with van der Waals surface area (Å²) in [6, 6.07) is 7.87. The molecule has 0 saturated heterocycles. The molecule has 114 valence electrons. The Labute approximate surface area is 142 Å². The molecule has 5 nitrogen and oxygen atoms in total. The van der Waals surface area contributed by atoms with Crippen LogP contribution in [0.2, 0.25) is 0 Å². The molecule has 0 radical (unpaired) electrons. The molecule has 0 aliphatic rings.